The molecule has 1 aliphatic heterocycles. The Morgan fingerprint density at radius 3 is 2.72 bits per heavy atom. The van der Waals surface area contributed by atoms with Crippen LogP contribution in [0.2, 0.25) is 0 Å². The van der Waals surface area contributed by atoms with E-state index in [0.29, 0.717) is 0 Å². The summed E-state index contributed by atoms with van der Waals surface area (Å²) in [6, 6.07) is 9.98. The molecule has 0 spiro atoms. The first-order valence-electron chi connectivity index (χ1n) is 8.30. The van der Waals surface area contributed by atoms with Crippen LogP contribution in [0, 0.1) is 0 Å². The molecule has 25 heavy (non-hydrogen) atoms. The zero-order valence-corrected chi connectivity index (χ0v) is 14.0. The molecule has 3 aromatic heterocycles. The number of nitrogens with zero attached hydrogens (tertiary/aromatic N) is 5. The van der Waals surface area contributed by atoms with Crippen molar-refractivity contribution in [2.24, 2.45) is 0 Å². The number of rotatable bonds is 5. The molecule has 7 nitrogen and oxygen atoms in total. The molecule has 0 saturated carbocycles. The van der Waals surface area contributed by atoms with E-state index in [1.54, 1.807) is 19.5 Å². The summed E-state index contributed by atoms with van der Waals surface area (Å²) in [5.41, 5.74) is 3.91. The minimum Gasteiger partial charge on any atom is -0.379 e. The van der Waals surface area contributed by atoms with Crippen molar-refractivity contribution < 1.29 is 4.74 Å². The third-order valence-electron chi connectivity index (χ3n) is 4.62. The second-order valence-electron chi connectivity index (χ2n) is 6.24. The van der Waals surface area contributed by atoms with Gasteiger partial charge in [0.1, 0.15) is 0 Å². The Kier molecular flexibility index (Phi) is 4.49. The normalized spacial score (nSPS) is 20.8. The van der Waals surface area contributed by atoms with E-state index in [1.165, 1.54) is 5.56 Å². The topological polar surface area (TPSA) is 79.8 Å². The number of aromatic nitrogens is 5. The van der Waals surface area contributed by atoms with Gasteiger partial charge in [0.15, 0.2) is 0 Å². The predicted molar refractivity (Wildman–Crippen MR) is 92.7 cm³/mol. The molecule has 1 fully saturated rings. The van der Waals surface area contributed by atoms with Crippen LogP contribution in [0.5, 0.6) is 0 Å². The first kappa shape index (κ1) is 15.9. The van der Waals surface area contributed by atoms with E-state index in [-0.39, 0.29) is 12.0 Å². The van der Waals surface area contributed by atoms with Crippen LogP contribution < -0.4 is 0 Å². The fourth-order valence-corrected chi connectivity index (χ4v) is 3.34. The van der Waals surface area contributed by atoms with Crippen molar-refractivity contribution in [3.8, 4) is 11.4 Å². The standard InChI is InChI=1S/C18H20N6O/c1-25-18-12-24(11-14(18)17-9-21-23-22-17)10-13-5-6-16(20-8-13)15-4-2-3-7-19-15/h2-9,14,18H,10-12H2,1H3,(H,21,22,23)/t14-,18+/m0/s1. The fourth-order valence-electron chi connectivity index (χ4n) is 3.34. The maximum absolute atomic E-state index is 5.65. The van der Waals surface area contributed by atoms with Crippen molar-refractivity contribution in [3.05, 3.63) is 60.2 Å². The van der Waals surface area contributed by atoms with Gasteiger partial charge in [-0.05, 0) is 23.8 Å². The fraction of sp³-hybridized carbons (Fsp3) is 0.333. The summed E-state index contributed by atoms with van der Waals surface area (Å²) in [5.74, 6) is 0.240. The average Bonchev–Trinajstić information content (AvgIpc) is 3.32. The summed E-state index contributed by atoms with van der Waals surface area (Å²) in [6.45, 7) is 2.60. The molecule has 0 aliphatic carbocycles. The molecule has 2 atom stereocenters. The van der Waals surface area contributed by atoms with Gasteiger partial charge in [0, 0.05) is 45.1 Å². The number of likely N-dealkylation sites (tertiary alicyclic amines) is 1. The van der Waals surface area contributed by atoms with Crippen LogP contribution in [0.3, 0.4) is 0 Å². The van der Waals surface area contributed by atoms with Gasteiger partial charge in [-0.15, -0.1) is 0 Å². The lowest BCUT2D eigenvalue weighted by Crippen LogP contribution is -2.22. The largest absolute Gasteiger partial charge is 0.379 e. The Morgan fingerprint density at radius 1 is 1.12 bits per heavy atom. The molecule has 0 aromatic carbocycles. The molecule has 4 heterocycles. The Morgan fingerprint density at radius 2 is 2.04 bits per heavy atom. The SMILES string of the molecule is CO[C@@H]1CN(Cc2ccc(-c3ccccn3)nc2)C[C@H]1c1cn[nH]n1. The number of methoxy groups -OCH3 is 1. The molecule has 1 N–H and O–H groups in total. The lowest BCUT2D eigenvalue weighted by atomic mass is 10.0. The molecule has 3 aromatic rings. The van der Waals surface area contributed by atoms with Gasteiger partial charge in [0.05, 0.1) is 29.4 Å². The molecular weight excluding hydrogens is 316 g/mol. The molecular formula is C18H20N6O. The van der Waals surface area contributed by atoms with E-state index in [1.807, 2.05) is 30.5 Å². The summed E-state index contributed by atoms with van der Waals surface area (Å²) in [4.78, 5) is 11.3. The molecule has 7 heteroatoms. The van der Waals surface area contributed by atoms with Crippen molar-refractivity contribution in [2.45, 2.75) is 18.6 Å². The van der Waals surface area contributed by atoms with E-state index in [0.717, 1.165) is 36.7 Å². The highest BCUT2D eigenvalue weighted by Crippen LogP contribution is 2.28. The van der Waals surface area contributed by atoms with E-state index >= 15 is 0 Å². The lowest BCUT2D eigenvalue weighted by molar-refractivity contribution is 0.0957. The Hall–Kier alpha value is -2.64. The van der Waals surface area contributed by atoms with E-state index < -0.39 is 0 Å². The minimum absolute atomic E-state index is 0.130. The van der Waals surface area contributed by atoms with Gasteiger partial charge >= 0.3 is 0 Å². The number of hydrogen-bond acceptors (Lipinski definition) is 6. The summed E-state index contributed by atoms with van der Waals surface area (Å²) in [5, 5.41) is 10.8. The minimum atomic E-state index is 0.130. The highest BCUT2D eigenvalue weighted by Gasteiger charge is 2.35. The van der Waals surface area contributed by atoms with Crippen LogP contribution in [0.25, 0.3) is 11.4 Å². The quantitative estimate of drug-likeness (QED) is 0.766. The van der Waals surface area contributed by atoms with Crippen molar-refractivity contribution in [3.63, 3.8) is 0 Å². The monoisotopic (exact) mass is 336 g/mol. The van der Waals surface area contributed by atoms with Crippen LogP contribution in [-0.4, -0.2) is 56.6 Å². The van der Waals surface area contributed by atoms with Crippen molar-refractivity contribution in [2.75, 3.05) is 20.2 Å². The molecule has 1 saturated heterocycles. The first-order valence-corrected chi connectivity index (χ1v) is 8.30. The van der Waals surface area contributed by atoms with E-state index in [9.17, 15) is 0 Å². The predicted octanol–water partition coefficient (Wildman–Crippen LogP) is 1.88. The van der Waals surface area contributed by atoms with Gasteiger partial charge in [0.25, 0.3) is 0 Å². The summed E-state index contributed by atoms with van der Waals surface area (Å²) in [6.07, 6.45) is 5.62. The van der Waals surface area contributed by atoms with Gasteiger partial charge in [-0.3, -0.25) is 14.9 Å². The van der Waals surface area contributed by atoms with Crippen molar-refractivity contribution >= 4 is 0 Å². The Balaban J connectivity index is 1.44. The summed E-state index contributed by atoms with van der Waals surface area (Å²) >= 11 is 0. The Bertz CT molecular complexity index is 790. The first-order chi connectivity index (χ1) is 12.3. The van der Waals surface area contributed by atoms with Gasteiger partial charge in [-0.1, -0.05) is 12.1 Å². The highest BCUT2D eigenvalue weighted by atomic mass is 16.5. The van der Waals surface area contributed by atoms with Crippen LogP contribution in [-0.2, 0) is 11.3 Å². The van der Waals surface area contributed by atoms with Crippen molar-refractivity contribution in [1.82, 2.24) is 30.3 Å². The average molecular weight is 336 g/mol. The van der Waals surface area contributed by atoms with E-state index in [2.05, 4.69) is 36.3 Å². The van der Waals surface area contributed by atoms with Gasteiger partial charge < -0.3 is 4.74 Å². The van der Waals surface area contributed by atoms with Crippen LogP contribution in [0.4, 0.5) is 0 Å². The van der Waals surface area contributed by atoms with Crippen LogP contribution in [0.15, 0.2) is 48.9 Å². The molecule has 1 aliphatic rings. The zero-order chi connectivity index (χ0) is 17.1. The second kappa shape index (κ2) is 7.08. The third kappa shape index (κ3) is 3.42. The van der Waals surface area contributed by atoms with Crippen molar-refractivity contribution in [1.29, 1.82) is 0 Å². The third-order valence-corrected chi connectivity index (χ3v) is 4.62. The molecule has 0 radical (unpaired) electrons. The number of ether oxygens (including phenoxy) is 1. The zero-order valence-electron chi connectivity index (χ0n) is 14.0. The van der Waals surface area contributed by atoms with Crippen LogP contribution in [0.1, 0.15) is 17.2 Å². The second-order valence-corrected chi connectivity index (χ2v) is 6.24. The Labute approximate surface area is 146 Å². The number of H-pyrrole nitrogens is 1. The van der Waals surface area contributed by atoms with Gasteiger partial charge in [-0.2, -0.15) is 15.4 Å². The smallest absolute Gasteiger partial charge is 0.0894 e. The molecule has 0 amide bonds. The maximum Gasteiger partial charge on any atom is 0.0894 e. The lowest BCUT2D eigenvalue weighted by Gasteiger charge is -2.15. The number of pyridine rings is 2. The molecule has 128 valence electrons. The van der Waals surface area contributed by atoms with Gasteiger partial charge in [-0.25, -0.2) is 0 Å². The highest BCUT2D eigenvalue weighted by molar-refractivity contribution is 5.53. The summed E-state index contributed by atoms with van der Waals surface area (Å²) < 4.78 is 5.65. The number of hydrogen-bond donors (Lipinski definition) is 1. The van der Waals surface area contributed by atoms with Gasteiger partial charge in [0.2, 0.25) is 0 Å². The van der Waals surface area contributed by atoms with Crippen LogP contribution >= 0.6 is 0 Å². The number of aromatic amines is 1. The maximum atomic E-state index is 5.65. The summed E-state index contributed by atoms with van der Waals surface area (Å²) in [7, 11) is 1.75. The number of nitrogens with one attached hydrogen (secondary N) is 1. The van der Waals surface area contributed by atoms with E-state index in [4.69, 9.17) is 4.74 Å². The molecule has 4 rings (SSSR count). The molecule has 0 unspecified atom stereocenters. The molecule has 0 bridgehead atoms.